The molecule has 2 aliphatic rings. The third kappa shape index (κ3) is 2.80. The Balaban J connectivity index is 1.64. The van der Waals surface area contributed by atoms with Crippen LogP contribution in [0, 0.1) is 0 Å². The molecule has 2 saturated carbocycles. The lowest BCUT2D eigenvalue weighted by atomic mass is 10.2. The van der Waals surface area contributed by atoms with E-state index in [0.717, 1.165) is 24.1 Å². The molecule has 3 rings (SSSR count). The largest absolute Gasteiger partial charge is 0.355 e. The van der Waals surface area contributed by atoms with Crippen LogP contribution in [0.15, 0.2) is 12.4 Å². The first-order valence-electron chi connectivity index (χ1n) is 7.10. The van der Waals surface area contributed by atoms with Crippen molar-refractivity contribution in [3.8, 4) is 0 Å². The van der Waals surface area contributed by atoms with E-state index in [2.05, 4.69) is 22.2 Å². The Morgan fingerprint density at radius 2 is 2.00 bits per heavy atom. The lowest BCUT2D eigenvalue weighted by molar-refractivity contribution is 0.635. The van der Waals surface area contributed by atoms with Gasteiger partial charge in [-0.1, -0.05) is 12.8 Å². The van der Waals surface area contributed by atoms with Crippen molar-refractivity contribution in [2.24, 2.45) is 0 Å². The van der Waals surface area contributed by atoms with Crippen molar-refractivity contribution in [3.05, 3.63) is 18.1 Å². The Hall–Kier alpha value is -1.16. The Morgan fingerprint density at radius 1 is 1.22 bits per heavy atom. The average Bonchev–Trinajstić information content (AvgIpc) is 3.08. The number of rotatable bonds is 5. The van der Waals surface area contributed by atoms with Crippen LogP contribution in [-0.4, -0.2) is 29.1 Å². The van der Waals surface area contributed by atoms with Crippen LogP contribution < -0.4 is 10.2 Å². The first-order valence-corrected chi connectivity index (χ1v) is 7.10. The topological polar surface area (TPSA) is 41.1 Å². The zero-order chi connectivity index (χ0) is 12.4. The first kappa shape index (κ1) is 11.9. The molecule has 2 fully saturated rings. The van der Waals surface area contributed by atoms with Gasteiger partial charge in [0.2, 0.25) is 0 Å². The highest BCUT2D eigenvalue weighted by Gasteiger charge is 2.22. The molecule has 1 aromatic rings. The highest BCUT2D eigenvalue weighted by molar-refractivity contribution is 5.37. The van der Waals surface area contributed by atoms with Crippen LogP contribution >= 0.6 is 0 Å². The molecule has 0 atom stereocenters. The third-order valence-corrected chi connectivity index (χ3v) is 4.05. The zero-order valence-corrected chi connectivity index (χ0v) is 11.1. The van der Waals surface area contributed by atoms with Gasteiger partial charge >= 0.3 is 0 Å². The van der Waals surface area contributed by atoms with Crippen LogP contribution in [0.4, 0.5) is 5.82 Å². The molecule has 0 amide bonds. The number of anilines is 1. The Morgan fingerprint density at radius 3 is 2.72 bits per heavy atom. The quantitative estimate of drug-likeness (QED) is 0.864. The van der Waals surface area contributed by atoms with Crippen molar-refractivity contribution >= 4 is 5.82 Å². The highest BCUT2D eigenvalue weighted by atomic mass is 15.2. The normalized spacial score (nSPS) is 20.3. The summed E-state index contributed by atoms with van der Waals surface area (Å²) in [6, 6.07) is 1.38. The molecule has 0 unspecified atom stereocenters. The fourth-order valence-corrected chi connectivity index (χ4v) is 2.66. The van der Waals surface area contributed by atoms with Gasteiger partial charge in [-0.2, -0.15) is 0 Å². The Labute approximate surface area is 109 Å². The maximum Gasteiger partial charge on any atom is 0.147 e. The van der Waals surface area contributed by atoms with Gasteiger partial charge < -0.3 is 10.2 Å². The van der Waals surface area contributed by atoms with Gasteiger partial charge in [0.25, 0.3) is 0 Å². The van der Waals surface area contributed by atoms with Gasteiger partial charge in [-0.15, -0.1) is 0 Å². The van der Waals surface area contributed by atoms with Gasteiger partial charge in [0.1, 0.15) is 5.82 Å². The average molecular weight is 246 g/mol. The summed E-state index contributed by atoms with van der Waals surface area (Å²) in [5.41, 5.74) is 1.06. The summed E-state index contributed by atoms with van der Waals surface area (Å²) in [7, 11) is 2.15. The summed E-state index contributed by atoms with van der Waals surface area (Å²) in [5, 5.41) is 3.49. The van der Waals surface area contributed by atoms with E-state index in [1.54, 1.807) is 0 Å². The molecular weight excluding hydrogens is 224 g/mol. The van der Waals surface area contributed by atoms with Crippen molar-refractivity contribution in [1.82, 2.24) is 15.3 Å². The number of hydrogen-bond acceptors (Lipinski definition) is 4. The zero-order valence-electron chi connectivity index (χ0n) is 11.1. The van der Waals surface area contributed by atoms with Gasteiger partial charge in [-0.05, 0) is 25.7 Å². The monoisotopic (exact) mass is 246 g/mol. The summed E-state index contributed by atoms with van der Waals surface area (Å²) >= 11 is 0. The fraction of sp³-hybridized carbons (Fsp3) is 0.714. The minimum absolute atomic E-state index is 0.658. The van der Waals surface area contributed by atoms with Gasteiger partial charge in [0.15, 0.2) is 0 Å². The molecule has 0 aliphatic heterocycles. The predicted octanol–water partition coefficient (Wildman–Crippen LogP) is 2.11. The molecule has 18 heavy (non-hydrogen) atoms. The van der Waals surface area contributed by atoms with Crippen molar-refractivity contribution in [3.63, 3.8) is 0 Å². The number of hydrogen-bond donors (Lipinski definition) is 1. The molecule has 0 spiro atoms. The van der Waals surface area contributed by atoms with Gasteiger partial charge in [0, 0.05) is 31.9 Å². The molecule has 1 N–H and O–H groups in total. The third-order valence-electron chi connectivity index (χ3n) is 4.05. The van der Waals surface area contributed by atoms with E-state index >= 15 is 0 Å². The van der Waals surface area contributed by atoms with Gasteiger partial charge in [0.05, 0.1) is 11.9 Å². The van der Waals surface area contributed by atoms with E-state index in [-0.39, 0.29) is 0 Å². The van der Waals surface area contributed by atoms with Crippen molar-refractivity contribution in [1.29, 1.82) is 0 Å². The maximum absolute atomic E-state index is 4.72. The van der Waals surface area contributed by atoms with Crippen LogP contribution in [0.25, 0.3) is 0 Å². The molecule has 4 nitrogen and oxygen atoms in total. The second-order valence-corrected chi connectivity index (χ2v) is 5.57. The van der Waals surface area contributed by atoms with E-state index in [0.29, 0.717) is 6.04 Å². The fourth-order valence-electron chi connectivity index (χ4n) is 2.66. The summed E-state index contributed by atoms with van der Waals surface area (Å²) < 4.78 is 0. The second kappa shape index (κ2) is 5.22. The molecule has 98 valence electrons. The molecule has 4 heteroatoms. The highest BCUT2D eigenvalue weighted by Crippen LogP contribution is 2.25. The van der Waals surface area contributed by atoms with Crippen LogP contribution in [-0.2, 0) is 6.54 Å². The standard InChI is InChI=1S/C14H22N4/c1-18(13-4-2-3-5-13)14-10-15-8-12(17-14)9-16-11-6-7-11/h8,10-11,13,16H,2-7,9H2,1H3. The van der Waals surface area contributed by atoms with Crippen LogP contribution in [0.2, 0.25) is 0 Å². The summed E-state index contributed by atoms with van der Waals surface area (Å²) in [5.74, 6) is 1.02. The lowest BCUT2D eigenvalue weighted by Gasteiger charge is -2.25. The Kier molecular flexibility index (Phi) is 3.46. The minimum Gasteiger partial charge on any atom is -0.355 e. The summed E-state index contributed by atoms with van der Waals surface area (Å²) in [6.07, 6.45) is 11.7. The predicted molar refractivity (Wildman–Crippen MR) is 72.6 cm³/mol. The Bertz CT molecular complexity index is 397. The van der Waals surface area contributed by atoms with Crippen LogP contribution in [0.1, 0.15) is 44.2 Å². The lowest BCUT2D eigenvalue weighted by Crippen LogP contribution is -2.30. The number of aromatic nitrogens is 2. The van der Waals surface area contributed by atoms with E-state index in [9.17, 15) is 0 Å². The molecule has 1 aromatic heterocycles. The summed E-state index contributed by atoms with van der Waals surface area (Å²) in [6.45, 7) is 0.851. The van der Waals surface area contributed by atoms with Crippen molar-refractivity contribution in [2.45, 2.75) is 57.2 Å². The van der Waals surface area contributed by atoms with Crippen molar-refractivity contribution in [2.75, 3.05) is 11.9 Å². The molecular formula is C14H22N4. The van der Waals surface area contributed by atoms with Crippen LogP contribution in [0.3, 0.4) is 0 Å². The van der Waals surface area contributed by atoms with Crippen LogP contribution in [0.5, 0.6) is 0 Å². The molecule has 0 bridgehead atoms. The smallest absolute Gasteiger partial charge is 0.147 e. The van der Waals surface area contributed by atoms with E-state index in [4.69, 9.17) is 4.98 Å². The number of nitrogens with one attached hydrogen (secondary N) is 1. The second-order valence-electron chi connectivity index (χ2n) is 5.57. The SMILES string of the molecule is CN(c1cncc(CNC2CC2)n1)C1CCCC1. The maximum atomic E-state index is 4.72. The molecule has 2 aliphatic carbocycles. The van der Waals surface area contributed by atoms with Gasteiger partial charge in [-0.3, -0.25) is 4.98 Å². The molecule has 0 radical (unpaired) electrons. The minimum atomic E-state index is 0.658. The van der Waals surface area contributed by atoms with E-state index in [1.165, 1.54) is 38.5 Å². The van der Waals surface area contributed by atoms with E-state index in [1.807, 2.05) is 12.4 Å². The van der Waals surface area contributed by atoms with Crippen molar-refractivity contribution < 1.29 is 0 Å². The molecule has 1 heterocycles. The van der Waals surface area contributed by atoms with E-state index < -0.39 is 0 Å². The first-order chi connectivity index (χ1) is 8.83. The summed E-state index contributed by atoms with van der Waals surface area (Å²) in [4.78, 5) is 11.4. The molecule has 0 aromatic carbocycles. The number of nitrogens with zero attached hydrogens (tertiary/aromatic N) is 3. The van der Waals surface area contributed by atoms with Gasteiger partial charge in [-0.25, -0.2) is 4.98 Å². The molecule has 0 saturated heterocycles.